The van der Waals surface area contributed by atoms with Gasteiger partial charge in [0.25, 0.3) is 0 Å². The van der Waals surface area contributed by atoms with E-state index in [1.165, 1.54) is 0 Å². The Morgan fingerprint density at radius 3 is 1.91 bits per heavy atom. The predicted molar refractivity (Wildman–Crippen MR) is 88.4 cm³/mol. The topological polar surface area (TPSA) is 57.2 Å². The van der Waals surface area contributed by atoms with Crippen LogP contribution in [0.2, 0.25) is 6.04 Å². The normalized spacial score (nSPS) is 13.1. The number of benzene rings is 1. The minimum Gasteiger partial charge on any atom is -0.374 e. The number of hydrogen-bond acceptors (Lipinski definition) is 5. The van der Waals surface area contributed by atoms with Gasteiger partial charge in [-0.15, -0.1) is 0 Å². The van der Waals surface area contributed by atoms with E-state index in [1.54, 1.807) is 6.08 Å². The maximum Gasteiger partial charge on any atom is 0.504 e. The molecule has 1 unspecified atom stereocenters. The summed E-state index contributed by atoms with van der Waals surface area (Å²) in [4.78, 5) is 4.67. The second-order valence-electron chi connectivity index (χ2n) is 4.65. The average Bonchev–Trinajstić information content (AvgIpc) is 2.53. The van der Waals surface area contributed by atoms with E-state index in [-0.39, 0.29) is 0 Å². The molecule has 6 heteroatoms. The summed E-state index contributed by atoms with van der Waals surface area (Å²) in [5, 5.41) is 9.31. The molecule has 124 valence electrons. The summed E-state index contributed by atoms with van der Waals surface area (Å²) in [6, 6.07) is 7.97. The summed E-state index contributed by atoms with van der Waals surface area (Å²) in [6.07, 6.45) is 1.20. The van der Waals surface area contributed by atoms with Crippen LogP contribution in [0.1, 0.15) is 38.0 Å². The highest BCUT2D eigenvalue weighted by Gasteiger charge is 2.44. The van der Waals surface area contributed by atoms with E-state index in [1.807, 2.05) is 45.0 Å². The largest absolute Gasteiger partial charge is 0.504 e. The van der Waals surface area contributed by atoms with Gasteiger partial charge < -0.3 is 13.3 Å². The first-order chi connectivity index (χ1) is 10.6. The Kier molecular flexibility index (Phi) is 8.55. The summed E-state index contributed by atoms with van der Waals surface area (Å²) in [6.45, 7) is 10.9. The molecule has 0 aliphatic rings. The number of rotatable bonds is 11. The first-order valence-corrected chi connectivity index (χ1v) is 9.52. The molecule has 0 aliphatic carbocycles. The molecule has 22 heavy (non-hydrogen) atoms. The summed E-state index contributed by atoms with van der Waals surface area (Å²) in [5.41, 5.74) is 1.84. The van der Waals surface area contributed by atoms with Gasteiger partial charge in [0.2, 0.25) is 0 Å². The van der Waals surface area contributed by atoms with Crippen molar-refractivity contribution < 1.29 is 23.4 Å². The Morgan fingerprint density at radius 2 is 1.55 bits per heavy atom. The molecule has 0 aromatic heterocycles. The Hall–Kier alpha value is -1.02. The van der Waals surface area contributed by atoms with Crippen LogP contribution in [0.5, 0.6) is 0 Å². The maximum atomic E-state index is 9.31. The van der Waals surface area contributed by atoms with Crippen LogP contribution in [0, 0.1) is 0 Å². The fraction of sp³-hybridized carbons (Fsp3) is 0.500. The maximum absolute atomic E-state index is 9.31. The third kappa shape index (κ3) is 5.31. The Bertz CT molecular complexity index is 418. The Labute approximate surface area is 133 Å². The van der Waals surface area contributed by atoms with Gasteiger partial charge in [0.05, 0.1) is 6.04 Å². The third-order valence-electron chi connectivity index (χ3n) is 3.20. The van der Waals surface area contributed by atoms with Crippen LogP contribution in [-0.2, 0) is 18.2 Å². The van der Waals surface area contributed by atoms with Crippen molar-refractivity contribution in [2.45, 2.75) is 32.9 Å². The molecule has 1 atom stereocenters. The molecule has 0 amide bonds. The van der Waals surface area contributed by atoms with Crippen molar-refractivity contribution >= 4 is 14.9 Å². The lowest BCUT2D eigenvalue weighted by Crippen LogP contribution is -2.47. The van der Waals surface area contributed by atoms with Gasteiger partial charge in [-0.1, -0.05) is 36.9 Å². The summed E-state index contributed by atoms with van der Waals surface area (Å²) in [7, 11) is -2.89. The molecule has 0 spiro atoms. The molecule has 0 heterocycles. The molecular weight excluding hydrogens is 300 g/mol. The Balaban J connectivity index is 2.96. The molecule has 0 saturated carbocycles. The molecule has 1 aromatic rings. The molecule has 0 bridgehead atoms. The summed E-state index contributed by atoms with van der Waals surface area (Å²) >= 11 is 0. The van der Waals surface area contributed by atoms with Gasteiger partial charge in [-0.25, -0.2) is 4.89 Å². The lowest BCUT2D eigenvalue weighted by molar-refractivity contribution is -0.278. The van der Waals surface area contributed by atoms with E-state index in [2.05, 4.69) is 11.5 Å². The van der Waals surface area contributed by atoms with Crippen LogP contribution in [0.15, 0.2) is 30.8 Å². The molecule has 0 fully saturated rings. The van der Waals surface area contributed by atoms with Crippen molar-refractivity contribution in [2.75, 3.05) is 19.8 Å². The van der Waals surface area contributed by atoms with E-state index >= 15 is 0 Å². The highest BCUT2D eigenvalue weighted by molar-refractivity contribution is 6.60. The fourth-order valence-electron chi connectivity index (χ4n) is 2.25. The molecular formula is C16H26O5Si. The fourth-order valence-corrected chi connectivity index (χ4v) is 4.94. The minimum absolute atomic E-state index is 0.354. The van der Waals surface area contributed by atoms with Crippen molar-refractivity contribution in [1.29, 1.82) is 0 Å². The van der Waals surface area contributed by atoms with Crippen molar-refractivity contribution in [1.82, 2.24) is 0 Å². The van der Waals surface area contributed by atoms with Crippen molar-refractivity contribution in [3.8, 4) is 0 Å². The van der Waals surface area contributed by atoms with E-state index in [4.69, 9.17) is 13.3 Å². The smallest absolute Gasteiger partial charge is 0.374 e. The van der Waals surface area contributed by atoms with Crippen molar-refractivity contribution in [2.24, 2.45) is 0 Å². The highest BCUT2D eigenvalue weighted by atomic mass is 28.4. The molecule has 1 aromatic carbocycles. The average molecular weight is 326 g/mol. The molecule has 1 N–H and O–H groups in total. The van der Waals surface area contributed by atoms with Gasteiger partial charge in [0.1, 0.15) is 6.10 Å². The molecule has 0 saturated heterocycles. The zero-order chi connectivity index (χ0) is 16.4. The van der Waals surface area contributed by atoms with Crippen LogP contribution in [0.25, 0.3) is 6.08 Å². The van der Waals surface area contributed by atoms with Gasteiger partial charge >= 0.3 is 8.80 Å². The second-order valence-corrected chi connectivity index (χ2v) is 7.29. The predicted octanol–water partition coefficient (Wildman–Crippen LogP) is 3.91. The number of hydrogen-bond donors (Lipinski definition) is 1. The highest BCUT2D eigenvalue weighted by Crippen LogP contribution is 2.30. The Morgan fingerprint density at radius 1 is 1.05 bits per heavy atom. The zero-order valence-corrected chi connectivity index (χ0v) is 14.6. The van der Waals surface area contributed by atoms with E-state index < -0.39 is 14.9 Å². The quantitative estimate of drug-likeness (QED) is 0.379. The first kappa shape index (κ1) is 19.0. The van der Waals surface area contributed by atoms with Gasteiger partial charge in [-0.2, -0.15) is 0 Å². The summed E-state index contributed by atoms with van der Waals surface area (Å²) < 4.78 is 17.4. The van der Waals surface area contributed by atoms with E-state index in [0.717, 1.165) is 11.1 Å². The van der Waals surface area contributed by atoms with Crippen LogP contribution in [0.3, 0.4) is 0 Å². The molecule has 1 rings (SSSR count). The van der Waals surface area contributed by atoms with Crippen molar-refractivity contribution in [3.63, 3.8) is 0 Å². The molecule has 5 nitrogen and oxygen atoms in total. The minimum atomic E-state index is -2.89. The van der Waals surface area contributed by atoms with Crippen LogP contribution in [-0.4, -0.2) is 33.9 Å². The van der Waals surface area contributed by atoms with Gasteiger partial charge in [-0.3, -0.25) is 5.26 Å². The van der Waals surface area contributed by atoms with Gasteiger partial charge in [-0.05, 0) is 31.9 Å². The monoisotopic (exact) mass is 326 g/mol. The first-order valence-electron chi connectivity index (χ1n) is 7.59. The van der Waals surface area contributed by atoms with Crippen LogP contribution >= 0.6 is 0 Å². The SMILES string of the molecule is C=Cc1ccc(C(C[Si](OCC)(OCC)OCC)OO)cc1. The molecule has 0 radical (unpaired) electrons. The summed E-state index contributed by atoms with van der Waals surface area (Å²) in [5.74, 6) is 0. The second kappa shape index (κ2) is 9.89. The van der Waals surface area contributed by atoms with Crippen LogP contribution < -0.4 is 0 Å². The lowest BCUT2D eigenvalue weighted by atomic mass is 10.1. The van der Waals surface area contributed by atoms with E-state index in [9.17, 15) is 5.26 Å². The molecule has 0 aliphatic heterocycles. The van der Waals surface area contributed by atoms with Crippen molar-refractivity contribution in [3.05, 3.63) is 42.0 Å². The van der Waals surface area contributed by atoms with Gasteiger partial charge in [0.15, 0.2) is 0 Å². The van der Waals surface area contributed by atoms with Crippen LogP contribution in [0.4, 0.5) is 0 Å². The van der Waals surface area contributed by atoms with E-state index in [0.29, 0.717) is 25.9 Å². The lowest BCUT2D eigenvalue weighted by Gasteiger charge is -2.30. The van der Waals surface area contributed by atoms with Gasteiger partial charge in [0, 0.05) is 19.8 Å². The standard InChI is InChI=1S/C16H26O5Si/c1-5-14-9-11-15(12-10-14)16(21-17)13-22(18-6-2,19-7-3)20-8-4/h5,9-12,16-17H,1,6-8,13H2,2-4H3. The third-order valence-corrected chi connectivity index (χ3v) is 6.26. The zero-order valence-electron chi connectivity index (χ0n) is 13.6.